The maximum absolute atomic E-state index is 13.9. The van der Waals surface area contributed by atoms with Gasteiger partial charge in [-0.2, -0.15) is 26.3 Å². The van der Waals surface area contributed by atoms with Gasteiger partial charge in [0.1, 0.15) is 5.82 Å². The number of nitrogens with zero attached hydrogens (tertiary/aromatic N) is 3. The predicted molar refractivity (Wildman–Crippen MR) is 133 cm³/mol. The number of likely N-dealkylation sites (tertiary alicyclic amines) is 2. The van der Waals surface area contributed by atoms with Crippen molar-refractivity contribution in [1.29, 1.82) is 0 Å². The van der Waals surface area contributed by atoms with Crippen LogP contribution in [0, 0.1) is 12.7 Å². The third-order valence-corrected chi connectivity index (χ3v) is 7.84. The number of benzene rings is 2. The lowest BCUT2D eigenvalue weighted by atomic mass is 9.88. The van der Waals surface area contributed by atoms with Crippen molar-refractivity contribution in [2.24, 2.45) is 0 Å². The molecule has 2 aliphatic rings. The number of halogens is 7. The van der Waals surface area contributed by atoms with Gasteiger partial charge in [0.25, 0.3) is 0 Å². The number of aryl methyl sites for hydroxylation is 1. The number of carbonyl (C=O) groups is 3. The molecule has 4 rings (SSSR count). The largest absolute Gasteiger partial charge is 0.416 e. The van der Waals surface area contributed by atoms with Gasteiger partial charge in [-0.05, 0) is 73.7 Å². The fraction of sp³-hybridized carbons (Fsp3) is 0.464. The third-order valence-electron chi connectivity index (χ3n) is 7.84. The second kappa shape index (κ2) is 11.0. The zero-order valence-corrected chi connectivity index (χ0v) is 22.4. The molecule has 0 aliphatic carbocycles. The van der Waals surface area contributed by atoms with E-state index in [2.05, 4.69) is 0 Å². The molecule has 41 heavy (non-hydrogen) atoms. The van der Waals surface area contributed by atoms with Crippen LogP contribution in [0.1, 0.15) is 72.5 Å². The first-order valence-corrected chi connectivity index (χ1v) is 12.9. The highest BCUT2D eigenvalue weighted by Gasteiger charge is 2.43. The standard InChI is InChI=1S/C28H28F7N3O3/c1-15-10-20(29)4-5-22(15)23-14-21(38-24(39)6-7-25(38)40)8-9-37(23)26(41)36(3)16(2)17-11-18(27(30,31)32)13-19(12-17)28(33,34)35/h4-5,10-13,16,21,23H,6-9,14H2,1-3H3/t16?,21-,23+/m0/s1. The SMILES string of the molecule is Cc1cc(F)ccc1[C@H]1C[C@@H](N2C(=O)CCC2=O)CCN1C(=O)N(C)C(C)c1cc(C(F)(F)F)cc(C(F)(F)F)c1. The normalized spacial score (nSPS) is 20.9. The number of carbonyl (C=O) groups excluding carboxylic acids is 3. The van der Waals surface area contributed by atoms with Gasteiger partial charge in [-0.1, -0.05) is 6.07 Å². The Labute approximate surface area is 231 Å². The zero-order chi connectivity index (χ0) is 30.4. The van der Waals surface area contributed by atoms with E-state index in [1.807, 2.05) is 0 Å². The molecule has 0 aromatic heterocycles. The van der Waals surface area contributed by atoms with Crippen LogP contribution in [-0.4, -0.2) is 52.2 Å². The molecule has 0 saturated carbocycles. The third kappa shape index (κ3) is 6.18. The Morgan fingerprint density at radius 1 is 0.951 bits per heavy atom. The van der Waals surface area contributed by atoms with Crippen molar-refractivity contribution in [2.75, 3.05) is 13.6 Å². The van der Waals surface area contributed by atoms with Crippen LogP contribution in [0.25, 0.3) is 0 Å². The van der Waals surface area contributed by atoms with Crippen molar-refractivity contribution >= 4 is 17.8 Å². The maximum Gasteiger partial charge on any atom is 0.416 e. The van der Waals surface area contributed by atoms with Crippen molar-refractivity contribution < 1.29 is 45.1 Å². The minimum atomic E-state index is -5.05. The molecule has 3 atom stereocenters. The van der Waals surface area contributed by atoms with Gasteiger partial charge < -0.3 is 9.80 Å². The second-order valence-electron chi connectivity index (χ2n) is 10.5. The number of urea groups is 1. The van der Waals surface area contributed by atoms with Crippen LogP contribution < -0.4 is 0 Å². The van der Waals surface area contributed by atoms with E-state index in [-0.39, 0.29) is 55.7 Å². The number of hydrogen-bond donors (Lipinski definition) is 0. The molecule has 1 unspecified atom stereocenters. The van der Waals surface area contributed by atoms with Crippen LogP contribution in [0.15, 0.2) is 36.4 Å². The smallest absolute Gasteiger partial charge is 0.321 e. The van der Waals surface area contributed by atoms with Crippen LogP contribution >= 0.6 is 0 Å². The minimum absolute atomic E-state index is 0.0249. The summed E-state index contributed by atoms with van der Waals surface area (Å²) in [6, 6.07) is 1.99. The summed E-state index contributed by atoms with van der Waals surface area (Å²) in [5.41, 5.74) is -2.30. The molecule has 4 amide bonds. The van der Waals surface area contributed by atoms with Crippen molar-refractivity contribution in [2.45, 2.75) is 70.0 Å². The first-order chi connectivity index (χ1) is 19.0. The molecule has 2 aromatic rings. The lowest BCUT2D eigenvalue weighted by Gasteiger charge is -2.44. The van der Waals surface area contributed by atoms with Gasteiger partial charge in [0.15, 0.2) is 0 Å². The number of imide groups is 1. The first kappa shape index (κ1) is 30.3. The van der Waals surface area contributed by atoms with Gasteiger partial charge in [0.2, 0.25) is 11.8 Å². The van der Waals surface area contributed by atoms with Gasteiger partial charge >= 0.3 is 18.4 Å². The Morgan fingerprint density at radius 3 is 2.02 bits per heavy atom. The number of hydrogen-bond acceptors (Lipinski definition) is 3. The molecule has 2 heterocycles. The highest BCUT2D eigenvalue weighted by atomic mass is 19.4. The zero-order valence-electron chi connectivity index (χ0n) is 22.4. The summed E-state index contributed by atoms with van der Waals surface area (Å²) in [4.78, 5) is 42.2. The highest BCUT2D eigenvalue weighted by molar-refractivity contribution is 6.02. The highest BCUT2D eigenvalue weighted by Crippen LogP contribution is 2.40. The molecule has 2 saturated heterocycles. The molecular weight excluding hydrogens is 559 g/mol. The first-order valence-electron chi connectivity index (χ1n) is 12.9. The lowest BCUT2D eigenvalue weighted by molar-refractivity contribution is -0.144. The van der Waals surface area contributed by atoms with E-state index in [1.165, 1.54) is 42.0 Å². The minimum Gasteiger partial charge on any atom is -0.321 e. The average Bonchev–Trinajstić information content (AvgIpc) is 3.23. The Balaban J connectivity index is 1.68. The van der Waals surface area contributed by atoms with Gasteiger partial charge in [0, 0.05) is 32.5 Å². The number of piperidine rings is 1. The molecule has 0 bridgehead atoms. The van der Waals surface area contributed by atoms with E-state index in [1.54, 1.807) is 6.92 Å². The number of alkyl halides is 6. The van der Waals surface area contributed by atoms with Crippen LogP contribution in [0.3, 0.4) is 0 Å². The van der Waals surface area contributed by atoms with E-state index in [0.717, 1.165) is 4.90 Å². The summed E-state index contributed by atoms with van der Waals surface area (Å²) in [5, 5.41) is 0. The van der Waals surface area contributed by atoms with Crippen LogP contribution in [0.2, 0.25) is 0 Å². The lowest BCUT2D eigenvalue weighted by Crippen LogP contribution is -2.52. The summed E-state index contributed by atoms with van der Waals surface area (Å²) >= 11 is 0. The molecule has 13 heteroatoms. The molecule has 6 nitrogen and oxygen atoms in total. The Bertz CT molecular complexity index is 1310. The van der Waals surface area contributed by atoms with Gasteiger partial charge in [0.05, 0.1) is 23.2 Å². The van der Waals surface area contributed by atoms with Gasteiger partial charge in [-0.25, -0.2) is 9.18 Å². The molecule has 0 N–H and O–H groups in total. The summed E-state index contributed by atoms with van der Waals surface area (Å²) in [6.07, 6.45) is -9.57. The number of amides is 4. The van der Waals surface area contributed by atoms with Crippen molar-refractivity contribution in [3.05, 3.63) is 70.0 Å². The average molecular weight is 588 g/mol. The van der Waals surface area contributed by atoms with E-state index >= 15 is 0 Å². The van der Waals surface area contributed by atoms with Crippen LogP contribution in [-0.2, 0) is 21.9 Å². The summed E-state index contributed by atoms with van der Waals surface area (Å²) in [5.74, 6) is -1.17. The molecule has 2 aliphatic heterocycles. The summed E-state index contributed by atoms with van der Waals surface area (Å²) < 4.78 is 94.5. The molecular formula is C28H28F7N3O3. The van der Waals surface area contributed by atoms with E-state index < -0.39 is 53.5 Å². The van der Waals surface area contributed by atoms with Crippen LogP contribution in [0.4, 0.5) is 35.5 Å². The van der Waals surface area contributed by atoms with Crippen molar-refractivity contribution in [3.63, 3.8) is 0 Å². The maximum atomic E-state index is 13.9. The van der Waals surface area contributed by atoms with E-state index in [4.69, 9.17) is 0 Å². The van der Waals surface area contributed by atoms with Gasteiger partial charge in [-0.15, -0.1) is 0 Å². The number of rotatable bonds is 4. The summed E-state index contributed by atoms with van der Waals surface area (Å²) in [7, 11) is 1.27. The van der Waals surface area contributed by atoms with Crippen molar-refractivity contribution in [3.8, 4) is 0 Å². The quantitative estimate of drug-likeness (QED) is 0.298. The van der Waals surface area contributed by atoms with E-state index in [9.17, 15) is 45.1 Å². The van der Waals surface area contributed by atoms with E-state index in [0.29, 0.717) is 23.3 Å². The van der Waals surface area contributed by atoms with Crippen molar-refractivity contribution in [1.82, 2.24) is 14.7 Å². The summed E-state index contributed by atoms with van der Waals surface area (Å²) in [6.45, 7) is 2.99. The molecule has 2 fully saturated rings. The molecule has 2 aromatic carbocycles. The second-order valence-corrected chi connectivity index (χ2v) is 10.5. The monoisotopic (exact) mass is 587 g/mol. The predicted octanol–water partition coefficient (Wildman–Crippen LogP) is 6.64. The Hall–Kier alpha value is -3.64. The Morgan fingerprint density at radius 2 is 1.51 bits per heavy atom. The molecule has 0 radical (unpaired) electrons. The fourth-order valence-electron chi connectivity index (χ4n) is 5.53. The molecule has 0 spiro atoms. The topological polar surface area (TPSA) is 60.9 Å². The van der Waals surface area contributed by atoms with Crippen LogP contribution in [0.5, 0.6) is 0 Å². The molecule has 222 valence electrons. The Kier molecular flexibility index (Phi) is 8.12. The van der Waals surface area contributed by atoms with Gasteiger partial charge in [-0.3, -0.25) is 14.5 Å². The fourth-order valence-corrected chi connectivity index (χ4v) is 5.53.